The van der Waals surface area contributed by atoms with Gasteiger partial charge in [0.2, 0.25) is 5.91 Å². The Morgan fingerprint density at radius 3 is 2.93 bits per heavy atom. The molecule has 1 amide bonds. The number of aryl methyl sites for hydroxylation is 1. The van der Waals surface area contributed by atoms with Crippen LogP contribution in [0.1, 0.15) is 47.6 Å². The highest BCUT2D eigenvalue weighted by Gasteiger charge is 2.40. The number of thiazole rings is 1. The lowest BCUT2D eigenvalue weighted by Gasteiger charge is -2.36. The van der Waals surface area contributed by atoms with Crippen molar-refractivity contribution in [3.8, 4) is 0 Å². The summed E-state index contributed by atoms with van der Waals surface area (Å²) in [4.78, 5) is 21.2. The Morgan fingerprint density at radius 1 is 1.38 bits per heavy atom. The van der Waals surface area contributed by atoms with Gasteiger partial charge in [-0.1, -0.05) is 24.3 Å². The van der Waals surface area contributed by atoms with Gasteiger partial charge in [0.25, 0.3) is 0 Å². The highest BCUT2D eigenvalue weighted by molar-refractivity contribution is 7.15. The quantitative estimate of drug-likeness (QED) is 0.797. The Labute approximate surface area is 177 Å². The van der Waals surface area contributed by atoms with Crippen molar-refractivity contribution in [1.29, 1.82) is 0 Å². The molecule has 0 saturated carbocycles. The molecule has 0 unspecified atom stereocenters. The van der Waals surface area contributed by atoms with Gasteiger partial charge in [0.1, 0.15) is 0 Å². The fraction of sp³-hybridized carbons (Fsp3) is 0.565. The van der Waals surface area contributed by atoms with E-state index in [4.69, 9.17) is 4.74 Å². The number of benzene rings is 1. The van der Waals surface area contributed by atoms with Gasteiger partial charge in [0.15, 0.2) is 5.13 Å². The third-order valence-corrected chi connectivity index (χ3v) is 7.19. The summed E-state index contributed by atoms with van der Waals surface area (Å²) < 4.78 is 5.60. The van der Waals surface area contributed by atoms with Gasteiger partial charge in [-0.2, -0.15) is 0 Å². The maximum Gasteiger partial charge on any atom is 0.232 e. The van der Waals surface area contributed by atoms with Crippen LogP contribution in [0.15, 0.2) is 30.5 Å². The van der Waals surface area contributed by atoms with E-state index in [9.17, 15) is 4.79 Å². The number of piperidine rings is 1. The summed E-state index contributed by atoms with van der Waals surface area (Å²) in [6.45, 7) is 5.59. The van der Waals surface area contributed by atoms with Crippen LogP contribution in [-0.4, -0.2) is 49.1 Å². The second-order valence-electron chi connectivity index (χ2n) is 8.65. The topological polar surface area (TPSA) is 54.5 Å². The average Bonchev–Trinajstić information content (AvgIpc) is 3.13. The van der Waals surface area contributed by atoms with E-state index < -0.39 is 5.41 Å². The van der Waals surface area contributed by atoms with Crippen molar-refractivity contribution in [3.05, 3.63) is 46.5 Å². The number of carbonyl (C=O) groups is 1. The number of hydrogen-bond acceptors (Lipinski definition) is 5. The number of likely N-dealkylation sites (N-methyl/N-ethyl adjacent to an activating group) is 1. The van der Waals surface area contributed by atoms with Crippen molar-refractivity contribution in [3.63, 3.8) is 0 Å². The molecule has 2 aliphatic rings. The third kappa shape index (κ3) is 4.87. The van der Waals surface area contributed by atoms with Crippen molar-refractivity contribution >= 4 is 22.4 Å². The van der Waals surface area contributed by atoms with Crippen molar-refractivity contribution in [2.75, 3.05) is 38.7 Å². The molecule has 2 saturated heterocycles. The molecule has 2 fully saturated rings. The first-order valence-corrected chi connectivity index (χ1v) is 11.4. The Morgan fingerprint density at radius 2 is 2.21 bits per heavy atom. The van der Waals surface area contributed by atoms with Gasteiger partial charge in [0.05, 0.1) is 5.41 Å². The Bertz CT molecular complexity index is 844. The van der Waals surface area contributed by atoms with Crippen LogP contribution in [0, 0.1) is 12.3 Å². The number of anilines is 1. The number of hydrogen-bond donors (Lipinski definition) is 1. The number of ether oxygens (including phenoxy) is 1. The molecule has 1 atom stereocenters. The van der Waals surface area contributed by atoms with Crippen LogP contribution in [0.4, 0.5) is 5.13 Å². The monoisotopic (exact) mass is 413 g/mol. The van der Waals surface area contributed by atoms with Crippen LogP contribution in [-0.2, 0) is 16.0 Å². The second kappa shape index (κ2) is 8.94. The van der Waals surface area contributed by atoms with Crippen molar-refractivity contribution in [2.24, 2.45) is 5.41 Å². The van der Waals surface area contributed by atoms with Crippen LogP contribution in [0.5, 0.6) is 0 Å². The number of amides is 1. The largest absolute Gasteiger partial charge is 0.381 e. The van der Waals surface area contributed by atoms with Crippen LogP contribution >= 0.6 is 11.3 Å². The van der Waals surface area contributed by atoms with E-state index in [1.54, 1.807) is 0 Å². The summed E-state index contributed by atoms with van der Waals surface area (Å²) in [6, 6.07) is 8.92. The summed E-state index contributed by atoms with van der Waals surface area (Å²) in [7, 11) is 2.21. The second-order valence-corrected chi connectivity index (χ2v) is 9.88. The van der Waals surface area contributed by atoms with Crippen molar-refractivity contribution < 1.29 is 9.53 Å². The predicted molar refractivity (Wildman–Crippen MR) is 118 cm³/mol. The maximum absolute atomic E-state index is 13.3. The van der Waals surface area contributed by atoms with Gasteiger partial charge >= 0.3 is 0 Å². The fourth-order valence-corrected chi connectivity index (χ4v) is 5.33. The molecule has 0 bridgehead atoms. The standard InChI is InChI=1S/C23H31N3O2S/c1-17-15-24-22(29-17)25-21(27)23(8-11-28-12-9-23)14-18-5-3-6-19(13-18)20-7-4-10-26(2)16-20/h3,5-6,13,15,20H,4,7-12,14,16H2,1-2H3,(H,24,25,27)/t20-/m1/s1. The van der Waals surface area contributed by atoms with Gasteiger partial charge in [-0.25, -0.2) is 4.98 Å². The first-order valence-electron chi connectivity index (χ1n) is 10.6. The summed E-state index contributed by atoms with van der Waals surface area (Å²) >= 11 is 1.53. The van der Waals surface area contributed by atoms with E-state index in [1.807, 2.05) is 13.1 Å². The van der Waals surface area contributed by atoms with E-state index >= 15 is 0 Å². The molecule has 1 aromatic carbocycles. The number of nitrogens with zero attached hydrogens (tertiary/aromatic N) is 2. The molecular weight excluding hydrogens is 382 g/mol. The molecule has 2 aliphatic heterocycles. The first kappa shape index (κ1) is 20.5. The zero-order valence-corrected chi connectivity index (χ0v) is 18.3. The molecule has 156 valence electrons. The van der Waals surface area contributed by atoms with E-state index in [0.29, 0.717) is 24.3 Å². The number of aromatic nitrogens is 1. The van der Waals surface area contributed by atoms with Crippen molar-refractivity contribution in [2.45, 2.75) is 44.9 Å². The van der Waals surface area contributed by atoms with Gasteiger partial charge in [-0.3, -0.25) is 4.79 Å². The van der Waals surface area contributed by atoms with Gasteiger partial charge in [-0.15, -0.1) is 11.3 Å². The van der Waals surface area contributed by atoms with Gasteiger partial charge < -0.3 is 15.0 Å². The smallest absolute Gasteiger partial charge is 0.232 e. The van der Waals surface area contributed by atoms with Gasteiger partial charge in [-0.05, 0) is 69.7 Å². The minimum atomic E-state index is -0.431. The summed E-state index contributed by atoms with van der Waals surface area (Å²) in [5.74, 6) is 0.671. The minimum Gasteiger partial charge on any atom is -0.381 e. The zero-order chi connectivity index (χ0) is 20.3. The van der Waals surface area contributed by atoms with E-state index in [0.717, 1.165) is 30.7 Å². The SMILES string of the molecule is Cc1cnc(NC(=O)C2(Cc3cccc([C@@H]4CCCN(C)C4)c3)CCOCC2)s1. The lowest BCUT2D eigenvalue weighted by Crippen LogP contribution is -2.42. The predicted octanol–water partition coefficient (Wildman–Crippen LogP) is 4.24. The van der Waals surface area contributed by atoms with E-state index in [1.165, 1.54) is 41.9 Å². The number of carbonyl (C=O) groups excluding carboxylic acids is 1. The molecule has 5 nitrogen and oxygen atoms in total. The lowest BCUT2D eigenvalue weighted by molar-refractivity contribution is -0.131. The van der Waals surface area contributed by atoms with Crippen LogP contribution < -0.4 is 5.32 Å². The highest BCUT2D eigenvalue weighted by Crippen LogP contribution is 2.37. The molecule has 4 rings (SSSR count). The normalized spacial score (nSPS) is 22.3. The molecule has 0 aliphatic carbocycles. The molecule has 2 aromatic rings. The molecule has 1 N–H and O–H groups in total. The Hall–Kier alpha value is -1.76. The molecule has 29 heavy (non-hydrogen) atoms. The van der Waals surface area contributed by atoms with Crippen molar-refractivity contribution in [1.82, 2.24) is 9.88 Å². The van der Waals surface area contributed by atoms with E-state index in [-0.39, 0.29) is 5.91 Å². The zero-order valence-electron chi connectivity index (χ0n) is 17.4. The lowest BCUT2D eigenvalue weighted by atomic mass is 9.74. The summed E-state index contributed by atoms with van der Waals surface area (Å²) in [6.07, 6.45) is 6.56. The molecular formula is C23H31N3O2S. The number of rotatable bonds is 5. The number of likely N-dealkylation sites (tertiary alicyclic amines) is 1. The summed E-state index contributed by atoms with van der Waals surface area (Å²) in [5.41, 5.74) is 2.23. The fourth-order valence-electron chi connectivity index (χ4n) is 4.67. The maximum atomic E-state index is 13.3. The molecule has 0 spiro atoms. The Kier molecular flexibility index (Phi) is 6.32. The molecule has 6 heteroatoms. The van der Waals surface area contributed by atoms with Crippen LogP contribution in [0.25, 0.3) is 0 Å². The highest BCUT2D eigenvalue weighted by atomic mass is 32.1. The third-order valence-electron chi connectivity index (χ3n) is 6.36. The molecule has 1 aromatic heterocycles. The average molecular weight is 414 g/mol. The van der Waals surface area contributed by atoms with Crippen LogP contribution in [0.2, 0.25) is 0 Å². The van der Waals surface area contributed by atoms with Gasteiger partial charge in [0, 0.05) is 30.8 Å². The Balaban J connectivity index is 1.53. The molecule has 0 radical (unpaired) electrons. The first-order chi connectivity index (χ1) is 14.0. The summed E-state index contributed by atoms with van der Waals surface area (Å²) in [5, 5.41) is 3.78. The van der Waals surface area contributed by atoms with E-state index in [2.05, 4.69) is 46.5 Å². The minimum absolute atomic E-state index is 0.0814. The number of nitrogens with one attached hydrogen (secondary N) is 1. The van der Waals surface area contributed by atoms with Crippen LogP contribution in [0.3, 0.4) is 0 Å². The molecule has 3 heterocycles.